The number of anilines is 1. The number of carbonyl (C=O) groups excluding carboxylic acids is 3. The Bertz CT molecular complexity index is 864. The first-order valence-electron chi connectivity index (χ1n) is 7.70. The van der Waals surface area contributed by atoms with Crippen LogP contribution in [0.5, 0.6) is 0 Å². The van der Waals surface area contributed by atoms with E-state index < -0.39 is 11.9 Å². The summed E-state index contributed by atoms with van der Waals surface area (Å²) in [7, 11) is 3.24. The van der Waals surface area contributed by atoms with E-state index in [1.54, 1.807) is 40.2 Å². The van der Waals surface area contributed by atoms with Gasteiger partial charge in [-0.05, 0) is 41.4 Å². The fourth-order valence-electron chi connectivity index (χ4n) is 2.17. The molecule has 0 spiro atoms. The second-order valence-corrected chi connectivity index (χ2v) is 7.46. The fraction of sp³-hybridized carbons (Fsp3) is 0.294. The van der Waals surface area contributed by atoms with Crippen molar-refractivity contribution in [3.8, 4) is 0 Å². The Kier molecular flexibility index (Phi) is 6.49. The van der Waals surface area contributed by atoms with Crippen LogP contribution in [0.4, 0.5) is 5.00 Å². The molecule has 2 aromatic rings. The number of nitrogens with zero attached hydrogens (tertiary/aromatic N) is 2. The highest BCUT2D eigenvalue weighted by molar-refractivity contribution is 9.10. The summed E-state index contributed by atoms with van der Waals surface area (Å²) in [6, 6.07) is 1.61. The van der Waals surface area contributed by atoms with Crippen molar-refractivity contribution in [2.45, 2.75) is 13.8 Å². The molecule has 0 bridgehead atoms. The summed E-state index contributed by atoms with van der Waals surface area (Å²) in [6.07, 6.45) is 2.97. The Morgan fingerprint density at radius 2 is 2.00 bits per heavy atom. The van der Waals surface area contributed by atoms with Crippen molar-refractivity contribution in [3.05, 3.63) is 44.5 Å². The number of esters is 1. The molecular formula is C17H18BrN3O4S. The van der Waals surface area contributed by atoms with E-state index in [2.05, 4.69) is 26.2 Å². The van der Waals surface area contributed by atoms with Gasteiger partial charge in [0.05, 0.1) is 22.6 Å². The lowest BCUT2D eigenvalue weighted by molar-refractivity contribution is 0.0527. The SMILES string of the molecule is CCOC(=O)c1c(NC(=O)c2cncc(Br)c2)sc(C(=O)N(C)C)c1C. The maximum atomic E-state index is 12.5. The number of thiophene rings is 1. The zero-order chi connectivity index (χ0) is 19.4. The molecule has 2 heterocycles. The van der Waals surface area contributed by atoms with Gasteiger partial charge in [0.15, 0.2) is 0 Å². The van der Waals surface area contributed by atoms with Gasteiger partial charge in [-0.25, -0.2) is 4.79 Å². The first-order valence-corrected chi connectivity index (χ1v) is 9.31. The van der Waals surface area contributed by atoms with Crippen LogP contribution < -0.4 is 5.32 Å². The molecule has 2 aromatic heterocycles. The van der Waals surface area contributed by atoms with Crippen molar-refractivity contribution >= 4 is 50.1 Å². The molecule has 0 saturated heterocycles. The number of hydrogen-bond acceptors (Lipinski definition) is 6. The lowest BCUT2D eigenvalue weighted by Crippen LogP contribution is -2.21. The number of nitrogens with one attached hydrogen (secondary N) is 1. The summed E-state index contributed by atoms with van der Waals surface area (Å²) in [5.74, 6) is -1.26. The van der Waals surface area contributed by atoms with Gasteiger partial charge >= 0.3 is 5.97 Å². The Morgan fingerprint density at radius 3 is 2.58 bits per heavy atom. The summed E-state index contributed by atoms with van der Waals surface area (Å²) < 4.78 is 5.74. The summed E-state index contributed by atoms with van der Waals surface area (Å²) >= 11 is 4.31. The largest absolute Gasteiger partial charge is 0.462 e. The molecular weight excluding hydrogens is 422 g/mol. The van der Waals surface area contributed by atoms with Crippen LogP contribution in [-0.4, -0.2) is 48.4 Å². The molecule has 0 aliphatic rings. The summed E-state index contributed by atoms with van der Waals surface area (Å²) in [5, 5.41) is 2.97. The summed E-state index contributed by atoms with van der Waals surface area (Å²) in [5.41, 5.74) is 0.994. The molecule has 138 valence electrons. The van der Waals surface area contributed by atoms with Gasteiger partial charge in [-0.15, -0.1) is 11.3 Å². The van der Waals surface area contributed by atoms with Crippen LogP contribution in [0.2, 0.25) is 0 Å². The number of halogens is 1. The fourth-order valence-corrected chi connectivity index (χ4v) is 3.75. The molecule has 2 rings (SSSR count). The van der Waals surface area contributed by atoms with Crippen LogP contribution in [0.1, 0.15) is 42.9 Å². The third kappa shape index (κ3) is 4.28. The number of ether oxygens (including phenoxy) is 1. The smallest absolute Gasteiger partial charge is 0.341 e. The summed E-state index contributed by atoms with van der Waals surface area (Å²) in [6.45, 7) is 3.54. The number of amides is 2. The van der Waals surface area contributed by atoms with E-state index >= 15 is 0 Å². The van der Waals surface area contributed by atoms with E-state index in [1.807, 2.05) is 0 Å². The minimum Gasteiger partial charge on any atom is -0.462 e. The van der Waals surface area contributed by atoms with E-state index in [0.29, 0.717) is 20.5 Å². The van der Waals surface area contributed by atoms with Gasteiger partial charge in [0, 0.05) is 31.0 Å². The van der Waals surface area contributed by atoms with Crippen LogP contribution in [-0.2, 0) is 4.74 Å². The van der Waals surface area contributed by atoms with Gasteiger partial charge in [-0.2, -0.15) is 0 Å². The van der Waals surface area contributed by atoms with Crippen LogP contribution in [0.15, 0.2) is 22.9 Å². The Labute approximate surface area is 163 Å². The maximum absolute atomic E-state index is 12.5. The summed E-state index contributed by atoms with van der Waals surface area (Å²) in [4.78, 5) is 43.0. The molecule has 0 unspecified atom stereocenters. The van der Waals surface area contributed by atoms with Gasteiger partial charge in [0.2, 0.25) is 0 Å². The molecule has 0 atom stereocenters. The number of carbonyl (C=O) groups is 3. The second-order valence-electron chi connectivity index (χ2n) is 5.53. The average Bonchev–Trinajstić information content (AvgIpc) is 2.90. The topological polar surface area (TPSA) is 88.6 Å². The third-order valence-electron chi connectivity index (χ3n) is 3.42. The van der Waals surface area contributed by atoms with Crippen molar-refractivity contribution < 1.29 is 19.1 Å². The van der Waals surface area contributed by atoms with Crippen LogP contribution in [0, 0.1) is 6.92 Å². The van der Waals surface area contributed by atoms with Gasteiger partial charge in [0.1, 0.15) is 5.00 Å². The van der Waals surface area contributed by atoms with E-state index in [4.69, 9.17) is 4.74 Å². The standard InChI is InChI=1S/C17H18BrN3O4S/c1-5-25-17(24)12-9(2)13(16(23)21(3)4)26-15(12)20-14(22)10-6-11(18)8-19-7-10/h6-8H,5H2,1-4H3,(H,20,22). The highest BCUT2D eigenvalue weighted by Crippen LogP contribution is 2.34. The van der Waals surface area contributed by atoms with E-state index in [1.165, 1.54) is 11.1 Å². The first-order chi connectivity index (χ1) is 12.3. The number of rotatable bonds is 5. The van der Waals surface area contributed by atoms with Crippen LogP contribution in [0.25, 0.3) is 0 Å². The van der Waals surface area contributed by atoms with E-state index in [9.17, 15) is 14.4 Å². The normalized spacial score (nSPS) is 10.3. The van der Waals surface area contributed by atoms with Gasteiger partial charge in [0.25, 0.3) is 11.8 Å². The van der Waals surface area contributed by atoms with Crippen molar-refractivity contribution in [1.82, 2.24) is 9.88 Å². The zero-order valence-corrected chi connectivity index (χ0v) is 17.2. The lowest BCUT2D eigenvalue weighted by Gasteiger charge is -2.09. The molecule has 0 aliphatic heterocycles. The Hall–Kier alpha value is -2.26. The van der Waals surface area contributed by atoms with Crippen molar-refractivity contribution in [1.29, 1.82) is 0 Å². The van der Waals surface area contributed by atoms with Crippen molar-refractivity contribution in [3.63, 3.8) is 0 Å². The van der Waals surface area contributed by atoms with Crippen molar-refractivity contribution in [2.75, 3.05) is 26.0 Å². The van der Waals surface area contributed by atoms with Gasteiger partial charge < -0.3 is 15.0 Å². The molecule has 1 N–H and O–H groups in total. The molecule has 0 aliphatic carbocycles. The second kappa shape index (κ2) is 8.41. The minimum atomic E-state index is -0.582. The highest BCUT2D eigenvalue weighted by atomic mass is 79.9. The van der Waals surface area contributed by atoms with Gasteiger partial charge in [-0.3, -0.25) is 14.6 Å². The molecule has 0 aromatic carbocycles. The molecule has 0 saturated carbocycles. The molecule has 0 fully saturated rings. The van der Waals surface area contributed by atoms with E-state index in [0.717, 1.165) is 11.3 Å². The third-order valence-corrected chi connectivity index (χ3v) is 5.05. The maximum Gasteiger partial charge on any atom is 0.341 e. The Morgan fingerprint density at radius 1 is 1.31 bits per heavy atom. The first kappa shape index (κ1) is 20.1. The molecule has 26 heavy (non-hydrogen) atoms. The highest BCUT2D eigenvalue weighted by Gasteiger charge is 2.27. The predicted molar refractivity (Wildman–Crippen MR) is 103 cm³/mol. The van der Waals surface area contributed by atoms with Crippen LogP contribution >= 0.6 is 27.3 Å². The number of pyridine rings is 1. The van der Waals surface area contributed by atoms with Gasteiger partial charge in [-0.1, -0.05) is 0 Å². The van der Waals surface area contributed by atoms with Crippen LogP contribution in [0.3, 0.4) is 0 Å². The minimum absolute atomic E-state index is 0.189. The average molecular weight is 440 g/mol. The molecule has 0 radical (unpaired) electrons. The monoisotopic (exact) mass is 439 g/mol. The van der Waals surface area contributed by atoms with E-state index in [-0.39, 0.29) is 23.1 Å². The quantitative estimate of drug-likeness (QED) is 0.721. The van der Waals surface area contributed by atoms with Crippen molar-refractivity contribution in [2.24, 2.45) is 0 Å². The molecule has 7 nitrogen and oxygen atoms in total. The molecule has 9 heteroatoms. The zero-order valence-electron chi connectivity index (χ0n) is 14.8. The number of aromatic nitrogens is 1. The molecule has 2 amide bonds. The predicted octanol–water partition coefficient (Wildman–Crippen LogP) is 3.34. The number of hydrogen-bond donors (Lipinski definition) is 1. The Balaban J connectivity index is 2.45. The lowest BCUT2D eigenvalue weighted by atomic mass is 10.1.